The summed E-state index contributed by atoms with van der Waals surface area (Å²) in [6.07, 6.45) is 6.17. The van der Waals surface area contributed by atoms with Crippen LogP contribution in [0.4, 0.5) is 0 Å². The van der Waals surface area contributed by atoms with Gasteiger partial charge < -0.3 is 5.32 Å². The third-order valence-corrected chi connectivity index (χ3v) is 2.75. The van der Waals surface area contributed by atoms with Crippen LogP contribution in [-0.2, 0) is 0 Å². The van der Waals surface area contributed by atoms with Gasteiger partial charge in [-0.05, 0) is 30.7 Å². The van der Waals surface area contributed by atoms with Crippen molar-refractivity contribution in [3.05, 3.63) is 12.2 Å². The van der Waals surface area contributed by atoms with Crippen LogP contribution in [0.1, 0.15) is 13.3 Å². The van der Waals surface area contributed by atoms with Crippen molar-refractivity contribution < 1.29 is 0 Å². The first-order chi connectivity index (χ1) is 4.86. The highest BCUT2D eigenvalue weighted by molar-refractivity contribution is 5.04. The number of nitrogens with one attached hydrogen (secondary N) is 1. The Morgan fingerprint density at radius 1 is 1.30 bits per heavy atom. The Labute approximate surface area is 62.5 Å². The predicted octanol–water partition coefficient (Wildman–Crippen LogP) is 1.42. The van der Waals surface area contributed by atoms with Crippen LogP contribution in [0.2, 0.25) is 0 Å². The highest BCUT2D eigenvalue weighted by Gasteiger charge is 2.28. The molecule has 0 spiro atoms. The smallest absolute Gasteiger partial charge is 0.00174 e. The summed E-state index contributed by atoms with van der Waals surface area (Å²) >= 11 is 0. The minimum Gasteiger partial charge on any atom is -0.316 e. The number of hydrogen-bond donors (Lipinski definition) is 1. The summed E-state index contributed by atoms with van der Waals surface area (Å²) in [6.45, 7) is 4.78. The van der Waals surface area contributed by atoms with Gasteiger partial charge in [0, 0.05) is 6.54 Å². The normalized spacial score (nSPS) is 45.5. The summed E-state index contributed by atoms with van der Waals surface area (Å²) < 4.78 is 0. The first-order valence-corrected chi connectivity index (χ1v) is 4.25. The molecule has 1 N–H and O–H groups in total. The van der Waals surface area contributed by atoms with Crippen molar-refractivity contribution in [2.75, 3.05) is 13.1 Å². The van der Waals surface area contributed by atoms with Gasteiger partial charge in [0.05, 0.1) is 0 Å². The van der Waals surface area contributed by atoms with E-state index in [0.717, 1.165) is 17.8 Å². The molecular weight excluding hydrogens is 122 g/mol. The highest BCUT2D eigenvalue weighted by atomic mass is 14.9. The van der Waals surface area contributed by atoms with Crippen molar-refractivity contribution in [3.8, 4) is 0 Å². The van der Waals surface area contributed by atoms with Crippen LogP contribution < -0.4 is 5.32 Å². The van der Waals surface area contributed by atoms with Gasteiger partial charge in [0.1, 0.15) is 0 Å². The Hall–Kier alpha value is -0.300. The maximum Gasteiger partial charge on any atom is 0.00174 e. The Kier molecular flexibility index (Phi) is 1.53. The molecule has 3 atom stereocenters. The fraction of sp³-hybridized carbons (Fsp3) is 0.778. The molecule has 0 unspecified atom stereocenters. The van der Waals surface area contributed by atoms with Crippen LogP contribution >= 0.6 is 0 Å². The lowest BCUT2D eigenvalue weighted by Crippen LogP contribution is -2.17. The van der Waals surface area contributed by atoms with Crippen molar-refractivity contribution in [1.82, 2.24) is 5.32 Å². The van der Waals surface area contributed by atoms with E-state index in [1.54, 1.807) is 0 Å². The van der Waals surface area contributed by atoms with Gasteiger partial charge in [0.2, 0.25) is 0 Å². The van der Waals surface area contributed by atoms with Crippen LogP contribution in [0.3, 0.4) is 0 Å². The second-order valence-corrected chi connectivity index (χ2v) is 3.68. The van der Waals surface area contributed by atoms with Crippen LogP contribution in [-0.4, -0.2) is 13.1 Å². The molecule has 1 heteroatoms. The lowest BCUT2D eigenvalue weighted by Gasteiger charge is -2.22. The van der Waals surface area contributed by atoms with E-state index < -0.39 is 0 Å². The van der Waals surface area contributed by atoms with Gasteiger partial charge in [0.15, 0.2) is 0 Å². The Morgan fingerprint density at radius 2 is 2.20 bits per heavy atom. The fourth-order valence-electron chi connectivity index (χ4n) is 2.13. The first kappa shape index (κ1) is 6.41. The number of hydrogen-bond acceptors (Lipinski definition) is 1. The Balaban J connectivity index is 2.09. The van der Waals surface area contributed by atoms with Crippen molar-refractivity contribution in [2.24, 2.45) is 17.8 Å². The molecule has 10 heavy (non-hydrogen) atoms. The quantitative estimate of drug-likeness (QED) is 0.498. The zero-order valence-electron chi connectivity index (χ0n) is 6.51. The molecule has 2 aliphatic rings. The molecule has 2 rings (SSSR count). The molecule has 0 saturated carbocycles. The largest absolute Gasteiger partial charge is 0.316 e. The second-order valence-electron chi connectivity index (χ2n) is 3.68. The standard InChI is InChI=1S/C9H15N/c1-7-2-3-8-5-10-6-9(8)4-7/h2-3,7-10H,4-6H2,1H3/t7-,8-,9+/m1/s1. The van der Waals surface area contributed by atoms with Crippen LogP contribution in [0.5, 0.6) is 0 Å². The lowest BCUT2D eigenvalue weighted by molar-refractivity contribution is 0.386. The molecule has 1 aliphatic heterocycles. The van der Waals surface area contributed by atoms with E-state index in [1.165, 1.54) is 19.5 Å². The van der Waals surface area contributed by atoms with Crippen LogP contribution in [0.25, 0.3) is 0 Å². The molecule has 0 radical (unpaired) electrons. The molecule has 0 aromatic carbocycles. The molecule has 1 heterocycles. The Morgan fingerprint density at radius 3 is 3.10 bits per heavy atom. The molecular formula is C9H15N. The molecule has 0 bridgehead atoms. The van der Waals surface area contributed by atoms with Gasteiger partial charge in [-0.2, -0.15) is 0 Å². The van der Waals surface area contributed by atoms with E-state index >= 15 is 0 Å². The molecule has 1 aliphatic carbocycles. The molecule has 56 valence electrons. The molecule has 1 nitrogen and oxygen atoms in total. The van der Waals surface area contributed by atoms with Gasteiger partial charge in [-0.15, -0.1) is 0 Å². The van der Waals surface area contributed by atoms with Crippen molar-refractivity contribution in [1.29, 1.82) is 0 Å². The summed E-state index contributed by atoms with van der Waals surface area (Å²) in [5.41, 5.74) is 0. The molecule has 0 amide bonds. The SMILES string of the molecule is C[C@@H]1C=C[C@@H]2CNC[C@@H]2C1. The maximum atomic E-state index is 3.43. The molecule has 1 fully saturated rings. The van der Waals surface area contributed by atoms with E-state index in [4.69, 9.17) is 0 Å². The predicted molar refractivity (Wildman–Crippen MR) is 42.8 cm³/mol. The minimum atomic E-state index is 0.821. The number of allylic oxidation sites excluding steroid dienone is 1. The average Bonchev–Trinajstić information content (AvgIpc) is 2.33. The van der Waals surface area contributed by atoms with E-state index in [2.05, 4.69) is 24.4 Å². The van der Waals surface area contributed by atoms with E-state index in [1.807, 2.05) is 0 Å². The maximum absolute atomic E-state index is 3.43. The van der Waals surface area contributed by atoms with Gasteiger partial charge in [-0.25, -0.2) is 0 Å². The van der Waals surface area contributed by atoms with E-state index in [-0.39, 0.29) is 0 Å². The van der Waals surface area contributed by atoms with E-state index in [0.29, 0.717) is 0 Å². The lowest BCUT2D eigenvalue weighted by atomic mass is 9.82. The monoisotopic (exact) mass is 137 g/mol. The number of rotatable bonds is 0. The highest BCUT2D eigenvalue weighted by Crippen LogP contribution is 2.30. The second kappa shape index (κ2) is 2.39. The van der Waals surface area contributed by atoms with Crippen molar-refractivity contribution >= 4 is 0 Å². The zero-order valence-corrected chi connectivity index (χ0v) is 6.51. The summed E-state index contributed by atoms with van der Waals surface area (Å²) in [6, 6.07) is 0. The van der Waals surface area contributed by atoms with Crippen molar-refractivity contribution in [2.45, 2.75) is 13.3 Å². The topological polar surface area (TPSA) is 12.0 Å². The minimum absolute atomic E-state index is 0.821. The van der Waals surface area contributed by atoms with Crippen molar-refractivity contribution in [3.63, 3.8) is 0 Å². The summed E-state index contributed by atoms with van der Waals surface area (Å²) in [4.78, 5) is 0. The van der Waals surface area contributed by atoms with Crippen LogP contribution in [0.15, 0.2) is 12.2 Å². The zero-order chi connectivity index (χ0) is 6.97. The van der Waals surface area contributed by atoms with Gasteiger partial charge in [-0.3, -0.25) is 0 Å². The van der Waals surface area contributed by atoms with Gasteiger partial charge >= 0.3 is 0 Å². The first-order valence-electron chi connectivity index (χ1n) is 4.25. The van der Waals surface area contributed by atoms with Gasteiger partial charge in [-0.1, -0.05) is 19.1 Å². The fourth-order valence-corrected chi connectivity index (χ4v) is 2.13. The third kappa shape index (κ3) is 0.988. The summed E-state index contributed by atoms with van der Waals surface area (Å²) in [7, 11) is 0. The molecule has 0 aromatic rings. The van der Waals surface area contributed by atoms with Crippen LogP contribution in [0, 0.1) is 17.8 Å². The summed E-state index contributed by atoms with van der Waals surface area (Å²) in [5.74, 6) is 2.62. The Bertz CT molecular complexity index is 151. The number of fused-ring (bicyclic) bond motifs is 1. The summed E-state index contributed by atoms with van der Waals surface area (Å²) in [5, 5.41) is 3.43. The average molecular weight is 137 g/mol. The van der Waals surface area contributed by atoms with Gasteiger partial charge in [0.25, 0.3) is 0 Å². The third-order valence-electron chi connectivity index (χ3n) is 2.75. The molecule has 1 saturated heterocycles. The molecule has 0 aromatic heterocycles. The van der Waals surface area contributed by atoms with E-state index in [9.17, 15) is 0 Å².